The van der Waals surface area contributed by atoms with Crippen LogP contribution >= 0.6 is 0 Å². The lowest BCUT2D eigenvalue weighted by molar-refractivity contribution is -0.123. The van der Waals surface area contributed by atoms with E-state index in [0.717, 1.165) is 11.4 Å². The Morgan fingerprint density at radius 3 is 2.78 bits per heavy atom. The molecule has 1 aliphatic rings. The van der Waals surface area contributed by atoms with Gasteiger partial charge in [-0.3, -0.25) is 19.5 Å². The van der Waals surface area contributed by atoms with E-state index in [1.807, 2.05) is 19.1 Å². The van der Waals surface area contributed by atoms with Gasteiger partial charge in [0.1, 0.15) is 0 Å². The second-order valence-electron chi connectivity index (χ2n) is 4.38. The van der Waals surface area contributed by atoms with Crippen molar-refractivity contribution in [2.45, 2.75) is 6.92 Å². The first-order chi connectivity index (χ1) is 8.56. The molecule has 2 N–H and O–H groups in total. The Labute approximate surface area is 105 Å². The van der Waals surface area contributed by atoms with Crippen LogP contribution in [-0.2, 0) is 9.59 Å². The number of pyridine rings is 1. The number of amides is 2. The van der Waals surface area contributed by atoms with E-state index in [9.17, 15) is 9.59 Å². The molecule has 1 saturated heterocycles. The highest BCUT2D eigenvalue weighted by molar-refractivity contribution is 5.95. The second kappa shape index (κ2) is 5.14. The topological polar surface area (TPSA) is 79.5 Å². The highest BCUT2D eigenvalue weighted by Gasteiger charge is 2.25. The van der Waals surface area contributed by atoms with Crippen molar-refractivity contribution in [1.29, 1.82) is 0 Å². The summed E-state index contributed by atoms with van der Waals surface area (Å²) >= 11 is 0. The summed E-state index contributed by atoms with van der Waals surface area (Å²) in [6.07, 6.45) is 1.69. The number of anilines is 1. The zero-order chi connectivity index (χ0) is 13.1. The van der Waals surface area contributed by atoms with Crippen molar-refractivity contribution in [1.82, 2.24) is 9.88 Å². The third kappa shape index (κ3) is 2.84. The van der Waals surface area contributed by atoms with E-state index >= 15 is 0 Å². The molecule has 2 heterocycles. The van der Waals surface area contributed by atoms with Gasteiger partial charge in [0.05, 0.1) is 25.0 Å². The fraction of sp³-hybridized carbons (Fsp3) is 0.417. The summed E-state index contributed by atoms with van der Waals surface area (Å²) in [7, 11) is 0. The van der Waals surface area contributed by atoms with Crippen molar-refractivity contribution < 1.29 is 9.59 Å². The van der Waals surface area contributed by atoms with Gasteiger partial charge in [0.2, 0.25) is 11.8 Å². The van der Waals surface area contributed by atoms with Gasteiger partial charge < -0.3 is 10.6 Å². The fourth-order valence-electron chi connectivity index (χ4n) is 1.97. The minimum absolute atomic E-state index is 0.0341. The zero-order valence-electron chi connectivity index (χ0n) is 10.3. The average Bonchev–Trinajstić information content (AvgIpc) is 2.30. The number of piperazine rings is 1. The average molecular weight is 248 g/mol. The quantitative estimate of drug-likeness (QED) is 0.784. The molecule has 0 atom stereocenters. The molecule has 0 spiro atoms. The van der Waals surface area contributed by atoms with Crippen LogP contribution in [0, 0.1) is 6.92 Å². The number of carbonyl (C=O) groups is 2. The van der Waals surface area contributed by atoms with E-state index in [4.69, 9.17) is 5.73 Å². The molecule has 96 valence electrons. The molecule has 6 nitrogen and oxygen atoms in total. The summed E-state index contributed by atoms with van der Waals surface area (Å²) in [5.41, 5.74) is 6.83. The van der Waals surface area contributed by atoms with Crippen molar-refractivity contribution in [2.24, 2.45) is 5.73 Å². The monoisotopic (exact) mass is 248 g/mol. The van der Waals surface area contributed by atoms with Crippen LogP contribution in [0.2, 0.25) is 0 Å². The highest BCUT2D eigenvalue weighted by Crippen LogP contribution is 2.16. The number of primary amides is 1. The van der Waals surface area contributed by atoms with Crippen LogP contribution in [-0.4, -0.2) is 47.9 Å². The Morgan fingerprint density at radius 1 is 1.44 bits per heavy atom. The summed E-state index contributed by atoms with van der Waals surface area (Å²) in [6, 6.07) is 3.75. The van der Waals surface area contributed by atoms with Gasteiger partial charge in [-0.2, -0.15) is 0 Å². The Kier molecular flexibility index (Phi) is 3.57. The summed E-state index contributed by atoms with van der Waals surface area (Å²) in [5, 5.41) is 0. The third-order valence-electron chi connectivity index (χ3n) is 2.89. The van der Waals surface area contributed by atoms with Gasteiger partial charge in [-0.05, 0) is 19.1 Å². The molecular formula is C12H16N4O2. The standard InChI is InChI=1S/C12H16N4O2/c1-9-2-3-10(6-14-9)16-5-4-15(7-11(13)17)8-12(16)18/h2-3,6H,4-5,7-8H2,1H3,(H2,13,17). The van der Waals surface area contributed by atoms with Gasteiger partial charge in [-0.25, -0.2) is 0 Å². The Balaban J connectivity index is 2.03. The molecular weight excluding hydrogens is 232 g/mol. The molecule has 2 amide bonds. The van der Waals surface area contributed by atoms with Crippen molar-refractivity contribution in [3.05, 3.63) is 24.0 Å². The van der Waals surface area contributed by atoms with Crippen molar-refractivity contribution in [2.75, 3.05) is 31.1 Å². The predicted molar refractivity (Wildman–Crippen MR) is 67.0 cm³/mol. The molecule has 18 heavy (non-hydrogen) atoms. The van der Waals surface area contributed by atoms with Crippen LogP contribution in [0.4, 0.5) is 5.69 Å². The fourth-order valence-corrected chi connectivity index (χ4v) is 1.97. The number of carbonyl (C=O) groups excluding carboxylic acids is 2. The first-order valence-corrected chi connectivity index (χ1v) is 5.80. The SMILES string of the molecule is Cc1ccc(N2CCN(CC(N)=O)CC2=O)cn1. The van der Waals surface area contributed by atoms with Gasteiger partial charge in [0.15, 0.2) is 0 Å². The van der Waals surface area contributed by atoms with Gasteiger partial charge in [0.25, 0.3) is 0 Å². The summed E-state index contributed by atoms with van der Waals surface area (Å²) in [5.74, 6) is -0.443. The number of hydrogen-bond donors (Lipinski definition) is 1. The van der Waals surface area contributed by atoms with Crippen LogP contribution in [0.3, 0.4) is 0 Å². The normalized spacial score (nSPS) is 16.9. The van der Waals surface area contributed by atoms with E-state index in [2.05, 4.69) is 4.98 Å². The summed E-state index contributed by atoms with van der Waals surface area (Å²) in [4.78, 5) is 30.4. The smallest absolute Gasteiger partial charge is 0.241 e. The number of hydrogen-bond acceptors (Lipinski definition) is 4. The summed E-state index contributed by atoms with van der Waals surface area (Å²) in [6.45, 7) is 3.44. The molecule has 0 unspecified atom stereocenters. The van der Waals surface area contributed by atoms with Crippen molar-refractivity contribution in [3.8, 4) is 0 Å². The lowest BCUT2D eigenvalue weighted by Gasteiger charge is -2.33. The minimum atomic E-state index is -0.409. The largest absolute Gasteiger partial charge is 0.369 e. The maximum absolute atomic E-state index is 12.0. The van der Waals surface area contributed by atoms with Gasteiger partial charge in [-0.15, -0.1) is 0 Å². The molecule has 0 aromatic carbocycles. The molecule has 1 aromatic heterocycles. The Bertz CT molecular complexity index is 458. The highest BCUT2D eigenvalue weighted by atomic mass is 16.2. The molecule has 1 aliphatic heterocycles. The zero-order valence-corrected chi connectivity index (χ0v) is 10.3. The molecule has 0 radical (unpaired) electrons. The lowest BCUT2D eigenvalue weighted by Crippen LogP contribution is -2.52. The summed E-state index contributed by atoms with van der Waals surface area (Å²) < 4.78 is 0. The molecule has 6 heteroatoms. The molecule has 0 saturated carbocycles. The van der Waals surface area contributed by atoms with Gasteiger partial charge in [-0.1, -0.05) is 0 Å². The molecule has 1 fully saturated rings. The number of aromatic nitrogens is 1. The maximum atomic E-state index is 12.0. The molecule has 1 aromatic rings. The van der Waals surface area contributed by atoms with E-state index in [1.54, 1.807) is 16.0 Å². The van der Waals surface area contributed by atoms with Crippen LogP contribution in [0.15, 0.2) is 18.3 Å². The van der Waals surface area contributed by atoms with Crippen molar-refractivity contribution >= 4 is 17.5 Å². The van der Waals surface area contributed by atoms with Crippen LogP contribution in [0.25, 0.3) is 0 Å². The van der Waals surface area contributed by atoms with Crippen molar-refractivity contribution in [3.63, 3.8) is 0 Å². The van der Waals surface area contributed by atoms with Gasteiger partial charge >= 0.3 is 0 Å². The van der Waals surface area contributed by atoms with Gasteiger partial charge in [0, 0.05) is 18.8 Å². The van der Waals surface area contributed by atoms with E-state index in [1.165, 1.54) is 0 Å². The van der Waals surface area contributed by atoms with Crippen LogP contribution in [0.1, 0.15) is 5.69 Å². The van der Waals surface area contributed by atoms with E-state index < -0.39 is 5.91 Å². The lowest BCUT2D eigenvalue weighted by atomic mass is 10.2. The van der Waals surface area contributed by atoms with E-state index in [-0.39, 0.29) is 19.0 Å². The first-order valence-electron chi connectivity index (χ1n) is 5.80. The predicted octanol–water partition coefficient (Wildman–Crippen LogP) is -0.476. The first kappa shape index (κ1) is 12.5. The number of nitrogens with zero attached hydrogens (tertiary/aromatic N) is 3. The molecule has 0 bridgehead atoms. The number of nitrogens with two attached hydrogens (primary N) is 1. The molecule has 2 rings (SSSR count). The third-order valence-corrected chi connectivity index (χ3v) is 2.89. The second-order valence-corrected chi connectivity index (χ2v) is 4.38. The maximum Gasteiger partial charge on any atom is 0.241 e. The minimum Gasteiger partial charge on any atom is -0.369 e. The number of aryl methyl sites for hydroxylation is 1. The number of rotatable bonds is 3. The molecule has 0 aliphatic carbocycles. The van der Waals surface area contributed by atoms with Crippen LogP contribution < -0.4 is 10.6 Å². The van der Waals surface area contributed by atoms with E-state index in [0.29, 0.717) is 13.1 Å². The van der Waals surface area contributed by atoms with Crippen LogP contribution in [0.5, 0.6) is 0 Å². The Morgan fingerprint density at radius 2 is 2.22 bits per heavy atom. The Hall–Kier alpha value is -1.95.